The van der Waals surface area contributed by atoms with Crippen molar-refractivity contribution in [1.29, 1.82) is 0 Å². The van der Waals surface area contributed by atoms with Crippen molar-refractivity contribution >= 4 is 26.1 Å². The van der Waals surface area contributed by atoms with Gasteiger partial charge in [0.1, 0.15) is 0 Å². The van der Waals surface area contributed by atoms with E-state index in [1.165, 1.54) is 5.56 Å². The van der Waals surface area contributed by atoms with E-state index < -0.39 is 10.2 Å². The van der Waals surface area contributed by atoms with Gasteiger partial charge in [0.2, 0.25) is 0 Å². The third-order valence-electron chi connectivity index (χ3n) is 3.72. The lowest BCUT2D eigenvalue weighted by molar-refractivity contribution is 0.414. The van der Waals surface area contributed by atoms with Crippen LogP contribution in [0, 0.1) is 0 Å². The molecule has 1 fully saturated rings. The van der Waals surface area contributed by atoms with E-state index in [2.05, 4.69) is 32.8 Å². The first kappa shape index (κ1) is 16.9. The topological polar surface area (TPSA) is 49.4 Å². The molecule has 1 aliphatic heterocycles. The number of rotatable bonds is 6. The van der Waals surface area contributed by atoms with Crippen molar-refractivity contribution < 1.29 is 8.42 Å². The van der Waals surface area contributed by atoms with Crippen LogP contribution in [-0.4, -0.2) is 32.4 Å². The van der Waals surface area contributed by atoms with Crippen molar-refractivity contribution in [2.24, 2.45) is 0 Å². The average molecular weight is 375 g/mol. The lowest BCUT2D eigenvalue weighted by atomic mass is 10.1. The molecule has 1 heterocycles. The van der Waals surface area contributed by atoms with Gasteiger partial charge >= 0.3 is 0 Å². The minimum absolute atomic E-state index is 0.491. The maximum atomic E-state index is 12.2. The summed E-state index contributed by atoms with van der Waals surface area (Å²) < 4.78 is 29.8. The highest BCUT2D eigenvalue weighted by Gasteiger charge is 2.21. The fraction of sp³-hybridized carbons (Fsp3) is 0.600. The number of hydrogen-bond donors (Lipinski definition) is 1. The molecule has 1 aromatic rings. The summed E-state index contributed by atoms with van der Waals surface area (Å²) in [5, 5.41) is 0. The molecule has 0 aliphatic carbocycles. The minimum atomic E-state index is -3.30. The van der Waals surface area contributed by atoms with Gasteiger partial charge in [-0.1, -0.05) is 40.9 Å². The number of halogens is 1. The Morgan fingerprint density at radius 2 is 1.86 bits per heavy atom. The zero-order chi connectivity index (χ0) is 15.1. The van der Waals surface area contributed by atoms with Crippen LogP contribution in [-0.2, 0) is 16.6 Å². The van der Waals surface area contributed by atoms with Gasteiger partial charge in [-0.25, -0.2) is 4.72 Å². The first-order valence-corrected chi connectivity index (χ1v) is 9.80. The standard InChI is InChI=1S/C15H23BrN2O2S/c16-15-9-5-7-14(13-15)8-6-10-17-21(19,20)18-11-3-1-2-4-12-18/h5,7,9,13,17H,1-4,6,8,10-12H2. The van der Waals surface area contributed by atoms with Crippen molar-refractivity contribution in [1.82, 2.24) is 9.03 Å². The second-order valence-corrected chi connectivity index (χ2v) is 8.12. The smallest absolute Gasteiger partial charge is 0.202 e. The largest absolute Gasteiger partial charge is 0.279 e. The summed E-state index contributed by atoms with van der Waals surface area (Å²) in [5.74, 6) is 0. The molecule has 0 radical (unpaired) electrons. The predicted molar refractivity (Wildman–Crippen MR) is 89.4 cm³/mol. The Hall–Kier alpha value is -0.430. The van der Waals surface area contributed by atoms with Crippen molar-refractivity contribution in [2.75, 3.05) is 19.6 Å². The molecular weight excluding hydrogens is 352 g/mol. The Bertz CT molecular complexity index is 540. The molecule has 1 saturated heterocycles. The Balaban J connectivity index is 1.76. The molecule has 1 aliphatic rings. The van der Waals surface area contributed by atoms with Crippen LogP contribution in [0.25, 0.3) is 0 Å². The molecule has 118 valence electrons. The Labute approximate surface area is 136 Å². The summed E-state index contributed by atoms with van der Waals surface area (Å²) in [6.07, 6.45) is 5.90. The number of benzene rings is 1. The highest BCUT2D eigenvalue weighted by atomic mass is 79.9. The fourth-order valence-corrected chi connectivity index (χ4v) is 4.33. The van der Waals surface area contributed by atoms with Crippen LogP contribution in [0.3, 0.4) is 0 Å². The zero-order valence-corrected chi connectivity index (χ0v) is 14.6. The molecule has 0 amide bonds. The molecule has 0 unspecified atom stereocenters. The molecule has 0 bridgehead atoms. The van der Waals surface area contributed by atoms with Gasteiger partial charge in [-0.2, -0.15) is 12.7 Å². The Kier molecular flexibility index (Phi) is 6.67. The van der Waals surface area contributed by atoms with Gasteiger partial charge in [0, 0.05) is 24.1 Å². The number of nitrogens with zero attached hydrogens (tertiary/aromatic N) is 1. The maximum absolute atomic E-state index is 12.2. The molecule has 0 aromatic heterocycles. The summed E-state index contributed by atoms with van der Waals surface area (Å²) in [5.41, 5.74) is 1.22. The summed E-state index contributed by atoms with van der Waals surface area (Å²) in [6.45, 7) is 1.80. The first-order chi connectivity index (χ1) is 10.1. The van der Waals surface area contributed by atoms with Crippen LogP contribution >= 0.6 is 15.9 Å². The molecule has 6 heteroatoms. The van der Waals surface area contributed by atoms with Gasteiger partial charge in [-0.3, -0.25) is 0 Å². The van der Waals surface area contributed by atoms with Crippen LogP contribution in [0.2, 0.25) is 0 Å². The quantitative estimate of drug-likeness (QED) is 0.777. The van der Waals surface area contributed by atoms with E-state index >= 15 is 0 Å². The van der Waals surface area contributed by atoms with Gasteiger partial charge in [-0.05, 0) is 43.4 Å². The predicted octanol–water partition coefficient (Wildman–Crippen LogP) is 3.09. The monoisotopic (exact) mass is 374 g/mol. The van der Waals surface area contributed by atoms with Crippen molar-refractivity contribution in [3.8, 4) is 0 Å². The average Bonchev–Trinajstić information content (AvgIpc) is 2.73. The zero-order valence-electron chi connectivity index (χ0n) is 12.2. The molecule has 0 spiro atoms. The van der Waals surface area contributed by atoms with Crippen LogP contribution in [0.15, 0.2) is 28.7 Å². The number of aryl methyl sites for hydroxylation is 1. The number of hydrogen-bond acceptors (Lipinski definition) is 2. The summed E-state index contributed by atoms with van der Waals surface area (Å²) in [4.78, 5) is 0. The molecular formula is C15H23BrN2O2S. The van der Waals surface area contributed by atoms with Gasteiger partial charge < -0.3 is 0 Å². The van der Waals surface area contributed by atoms with E-state index in [-0.39, 0.29) is 0 Å². The lowest BCUT2D eigenvalue weighted by Crippen LogP contribution is -2.41. The van der Waals surface area contributed by atoms with Crippen molar-refractivity contribution in [2.45, 2.75) is 38.5 Å². The molecule has 0 atom stereocenters. The number of nitrogens with one attached hydrogen (secondary N) is 1. The summed E-state index contributed by atoms with van der Waals surface area (Å²) in [7, 11) is -3.30. The second kappa shape index (κ2) is 8.27. The van der Waals surface area contributed by atoms with E-state index in [1.54, 1.807) is 4.31 Å². The first-order valence-electron chi connectivity index (χ1n) is 7.57. The Morgan fingerprint density at radius 3 is 2.52 bits per heavy atom. The van der Waals surface area contributed by atoms with E-state index in [0.717, 1.165) is 43.0 Å². The molecule has 4 nitrogen and oxygen atoms in total. The molecule has 21 heavy (non-hydrogen) atoms. The van der Waals surface area contributed by atoms with Gasteiger partial charge in [0.25, 0.3) is 10.2 Å². The Morgan fingerprint density at radius 1 is 1.14 bits per heavy atom. The summed E-state index contributed by atoms with van der Waals surface area (Å²) >= 11 is 3.44. The van der Waals surface area contributed by atoms with Crippen molar-refractivity contribution in [3.63, 3.8) is 0 Å². The molecule has 1 aromatic carbocycles. The van der Waals surface area contributed by atoms with Crippen LogP contribution in [0.5, 0.6) is 0 Å². The molecule has 2 rings (SSSR count). The normalized spacial score (nSPS) is 17.6. The van der Waals surface area contributed by atoms with Crippen LogP contribution in [0.1, 0.15) is 37.7 Å². The maximum Gasteiger partial charge on any atom is 0.279 e. The van der Waals surface area contributed by atoms with Crippen LogP contribution < -0.4 is 4.72 Å². The van der Waals surface area contributed by atoms with Crippen molar-refractivity contribution in [3.05, 3.63) is 34.3 Å². The fourth-order valence-electron chi connectivity index (χ4n) is 2.56. The van der Waals surface area contributed by atoms with E-state index in [4.69, 9.17) is 0 Å². The van der Waals surface area contributed by atoms with Crippen LogP contribution in [0.4, 0.5) is 0 Å². The van der Waals surface area contributed by atoms with E-state index in [9.17, 15) is 8.42 Å². The lowest BCUT2D eigenvalue weighted by Gasteiger charge is -2.20. The van der Waals surface area contributed by atoms with Gasteiger partial charge in [0.05, 0.1) is 0 Å². The SMILES string of the molecule is O=S(=O)(NCCCc1cccc(Br)c1)N1CCCCCC1. The highest BCUT2D eigenvalue weighted by molar-refractivity contribution is 9.10. The summed E-state index contributed by atoms with van der Waals surface area (Å²) in [6, 6.07) is 8.13. The van der Waals surface area contributed by atoms with E-state index in [1.807, 2.05) is 12.1 Å². The molecule has 0 saturated carbocycles. The highest BCUT2D eigenvalue weighted by Crippen LogP contribution is 2.14. The van der Waals surface area contributed by atoms with E-state index in [0.29, 0.717) is 19.6 Å². The molecule has 1 N–H and O–H groups in total. The third kappa shape index (κ3) is 5.70. The minimum Gasteiger partial charge on any atom is -0.202 e. The van der Waals surface area contributed by atoms with Gasteiger partial charge in [0.15, 0.2) is 0 Å². The van der Waals surface area contributed by atoms with Gasteiger partial charge in [-0.15, -0.1) is 0 Å². The third-order valence-corrected chi connectivity index (χ3v) is 5.83. The second-order valence-electron chi connectivity index (χ2n) is 5.45.